The Bertz CT molecular complexity index is 443. The molecule has 1 aromatic carbocycles. The van der Waals surface area contributed by atoms with Gasteiger partial charge in [0, 0.05) is 0 Å². The largest absolute Gasteiger partial charge is 0.383 e. The predicted octanol–water partition coefficient (Wildman–Crippen LogP) is 3.76. The molecule has 0 bridgehead atoms. The summed E-state index contributed by atoms with van der Waals surface area (Å²) in [4.78, 5) is 0. The van der Waals surface area contributed by atoms with Crippen LogP contribution >= 0.6 is 23.5 Å². The second kappa shape index (κ2) is 5.02. The zero-order chi connectivity index (χ0) is 13.4. The molecular weight excluding hydrogens is 274 g/mol. The summed E-state index contributed by atoms with van der Waals surface area (Å²) in [5, 5.41) is 10.8. The zero-order valence-electron chi connectivity index (χ0n) is 10.4. The zero-order valence-corrected chi connectivity index (χ0v) is 12.0. The highest BCUT2D eigenvalue weighted by atomic mass is 32.2. The van der Waals surface area contributed by atoms with Crippen LogP contribution < -0.4 is 0 Å². The molecule has 1 saturated heterocycles. The summed E-state index contributed by atoms with van der Waals surface area (Å²) < 4.78 is 25.8. The van der Waals surface area contributed by atoms with Gasteiger partial charge in [-0.3, -0.25) is 0 Å². The Balaban J connectivity index is 2.36. The van der Waals surface area contributed by atoms with Gasteiger partial charge in [-0.1, -0.05) is 6.07 Å². The maximum absolute atomic E-state index is 13.3. The molecule has 1 heterocycles. The number of hydrogen-bond acceptors (Lipinski definition) is 3. The molecule has 1 aromatic rings. The Morgan fingerprint density at radius 1 is 1.22 bits per heavy atom. The lowest BCUT2D eigenvalue weighted by molar-refractivity contribution is 0.0483. The van der Waals surface area contributed by atoms with Gasteiger partial charge in [-0.25, -0.2) is 8.78 Å². The Morgan fingerprint density at radius 2 is 1.83 bits per heavy atom. The minimum atomic E-state index is -1.20. The molecule has 1 fully saturated rings. The van der Waals surface area contributed by atoms with Gasteiger partial charge in [0.15, 0.2) is 11.6 Å². The SMILES string of the molecule is CC1(C(C)(O)c2ccc(F)c(F)c2)SCCCS1. The van der Waals surface area contributed by atoms with E-state index in [4.69, 9.17) is 0 Å². The summed E-state index contributed by atoms with van der Waals surface area (Å²) in [5.74, 6) is 0.151. The van der Waals surface area contributed by atoms with Crippen LogP contribution in [0.5, 0.6) is 0 Å². The summed E-state index contributed by atoms with van der Waals surface area (Å²) in [5.41, 5.74) is -0.775. The molecule has 1 atom stereocenters. The third kappa shape index (κ3) is 2.40. The van der Waals surface area contributed by atoms with Gasteiger partial charge in [0.25, 0.3) is 0 Å². The summed E-state index contributed by atoms with van der Waals surface area (Å²) in [7, 11) is 0. The maximum atomic E-state index is 13.3. The van der Waals surface area contributed by atoms with Gasteiger partial charge in [-0.15, -0.1) is 23.5 Å². The van der Waals surface area contributed by atoms with Gasteiger partial charge in [0.2, 0.25) is 0 Å². The molecule has 0 spiro atoms. The van der Waals surface area contributed by atoms with Crippen molar-refractivity contribution < 1.29 is 13.9 Å². The van der Waals surface area contributed by atoms with Crippen molar-refractivity contribution in [3.63, 3.8) is 0 Å². The fourth-order valence-electron chi connectivity index (χ4n) is 1.98. The van der Waals surface area contributed by atoms with Crippen molar-refractivity contribution in [1.29, 1.82) is 0 Å². The average molecular weight is 290 g/mol. The highest BCUT2D eigenvalue weighted by molar-refractivity contribution is 8.18. The van der Waals surface area contributed by atoms with Crippen LogP contribution in [0.2, 0.25) is 0 Å². The summed E-state index contributed by atoms with van der Waals surface area (Å²) in [6.07, 6.45) is 1.11. The highest BCUT2D eigenvalue weighted by Crippen LogP contribution is 2.53. The molecular formula is C13H16F2OS2. The van der Waals surface area contributed by atoms with E-state index in [1.165, 1.54) is 6.07 Å². The van der Waals surface area contributed by atoms with Gasteiger partial charge in [-0.05, 0) is 49.5 Å². The fourth-order valence-corrected chi connectivity index (χ4v) is 5.15. The first-order valence-electron chi connectivity index (χ1n) is 5.83. The van der Waals surface area contributed by atoms with Crippen molar-refractivity contribution in [3.8, 4) is 0 Å². The number of benzene rings is 1. The summed E-state index contributed by atoms with van der Waals surface area (Å²) in [6, 6.07) is 3.62. The first-order valence-corrected chi connectivity index (χ1v) is 7.80. The molecule has 18 heavy (non-hydrogen) atoms. The lowest BCUT2D eigenvalue weighted by atomic mass is 9.92. The molecule has 1 unspecified atom stereocenters. The van der Waals surface area contributed by atoms with E-state index in [9.17, 15) is 13.9 Å². The van der Waals surface area contributed by atoms with E-state index in [1.54, 1.807) is 30.4 Å². The van der Waals surface area contributed by atoms with Crippen molar-refractivity contribution in [1.82, 2.24) is 0 Å². The second-order valence-electron chi connectivity index (χ2n) is 4.70. The van der Waals surface area contributed by atoms with Crippen molar-refractivity contribution >= 4 is 23.5 Å². The molecule has 1 aliphatic rings. The second-order valence-corrected chi connectivity index (χ2v) is 7.98. The van der Waals surface area contributed by atoms with Crippen LogP contribution in [-0.4, -0.2) is 20.7 Å². The Labute approximate surface area is 114 Å². The van der Waals surface area contributed by atoms with E-state index in [2.05, 4.69) is 0 Å². The van der Waals surface area contributed by atoms with Gasteiger partial charge in [0.1, 0.15) is 5.60 Å². The van der Waals surface area contributed by atoms with Crippen molar-refractivity contribution in [2.24, 2.45) is 0 Å². The minimum absolute atomic E-state index is 0.422. The smallest absolute Gasteiger partial charge is 0.159 e. The molecule has 0 amide bonds. The number of halogens is 2. The van der Waals surface area contributed by atoms with Crippen LogP contribution in [-0.2, 0) is 5.60 Å². The molecule has 100 valence electrons. The molecule has 0 aromatic heterocycles. The third-order valence-corrected chi connectivity index (χ3v) is 7.00. The van der Waals surface area contributed by atoms with E-state index < -0.39 is 21.3 Å². The van der Waals surface area contributed by atoms with Gasteiger partial charge in [0.05, 0.1) is 4.08 Å². The highest BCUT2D eigenvalue weighted by Gasteiger charge is 2.46. The first kappa shape index (κ1) is 14.2. The van der Waals surface area contributed by atoms with E-state index in [0.717, 1.165) is 30.1 Å². The van der Waals surface area contributed by atoms with Crippen LogP contribution in [0.4, 0.5) is 8.78 Å². The molecule has 1 nitrogen and oxygen atoms in total. The van der Waals surface area contributed by atoms with Crippen molar-refractivity contribution in [2.45, 2.75) is 29.9 Å². The third-order valence-electron chi connectivity index (χ3n) is 3.41. The molecule has 1 aliphatic heterocycles. The number of aliphatic hydroxyl groups is 1. The Kier molecular flexibility index (Phi) is 3.95. The number of thioether (sulfide) groups is 2. The summed E-state index contributed by atoms with van der Waals surface area (Å²) >= 11 is 3.35. The molecule has 1 N–H and O–H groups in total. The monoisotopic (exact) mass is 290 g/mol. The Morgan fingerprint density at radius 3 is 2.39 bits per heavy atom. The van der Waals surface area contributed by atoms with E-state index >= 15 is 0 Å². The van der Waals surface area contributed by atoms with Crippen LogP contribution in [0.3, 0.4) is 0 Å². The summed E-state index contributed by atoms with van der Waals surface area (Å²) in [6.45, 7) is 3.63. The first-order chi connectivity index (χ1) is 8.37. The number of rotatable bonds is 2. The molecule has 0 aliphatic carbocycles. The van der Waals surface area contributed by atoms with Crippen LogP contribution in [0.15, 0.2) is 18.2 Å². The van der Waals surface area contributed by atoms with E-state index in [1.807, 2.05) is 6.92 Å². The fraction of sp³-hybridized carbons (Fsp3) is 0.538. The van der Waals surface area contributed by atoms with E-state index in [-0.39, 0.29) is 0 Å². The lowest BCUT2D eigenvalue weighted by Gasteiger charge is -2.44. The standard InChI is InChI=1S/C13H16F2OS2/c1-12(16,13(2)17-6-3-7-18-13)9-4-5-10(14)11(15)8-9/h4-5,8,16H,3,6-7H2,1-2H3. The van der Waals surface area contributed by atoms with Gasteiger partial charge >= 0.3 is 0 Å². The van der Waals surface area contributed by atoms with Crippen molar-refractivity contribution in [3.05, 3.63) is 35.4 Å². The van der Waals surface area contributed by atoms with Crippen LogP contribution in [0, 0.1) is 11.6 Å². The normalized spacial score (nSPS) is 22.5. The average Bonchev–Trinajstić information content (AvgIpc) is 2.33. The van der Waals surface area contributed by atoms with Gasteiger partial charge < -0.3 is 5.11 Å². The van der Waals surface area contributed by atoms with Gasteiger partial charge in [-0.2, -0.15) is 0 Å². The van der Waals surface area contributed by atoms with E-state index in [0.29, 0.717) is 5.56 Å². The molecule has 2 rings (SSSR count). The minimum Gasteiger partial charge on any atom is -0.383 e. The molecule has 5 heteroatoms. The molecule has 0 radical (unpaired) electrons. The lowest BCUT2D eigenvalue weighted by Crippen LogP contribution is -2.44. The predicted molar refractivity (Wildman–Crippen MR) is 73.9 cm³/mol. The Hall–Kier alpha value is -0.260. The van der Waals surface area contributed by atoms with Crippen LogP contribution in [0.1, 0.15) is 25.8 Å². The number of hydrogen-bond donors (Lipinski definition) is 1. The van der Waals surface area contributed by atoms with Crippen LogP contribution in [0.25, 0.3) is 0 Å². The molecule has 0 saturated carbocycles. The maximum Gasteiger partial charge on any atom is 0.159 e. The topological polar surface area (TPSA) is 20.2 Å². The van der Waals surface area contributed by atoms with Crippen molar-refractivity contribution in [2.75, 3.05) is 11.5 Å². The quantitative estimate of drug-likeness (QED) is 0.895.